The first-order valence-corrected chi connectivity index (χ1v) is 9.88. The lowest BCUT2D eigenvalue weighted by Gasteiger charge is -2.18. The molecule has 2 aromatic rings. The monoisotopic (exact) mass is 334 g/mol. The van der Waals surface area contributed by atoms with Crippen LogP contribution in [0.25, 0.3) is 0 Å². The predicted octanol–water partition coefficient (Wildman–Crippen LogP) is 3.61. The minimum atomic E-state index is -0.394. The maximum atomic E-state index is 6.18. The Hall–Kier alpha value is -2.18. The van der Waals surface area contributed by atoms with Gasteiger partial charge in [0.2, 0.25) is 0 Å². The second kappa shape index (κ2) is 8.61. The highest BCUT2D eigenvalue weighted by Gasteiger charge is 2.14. The van der Waals surface area contributed by atoms with Crippen molar-refractivity contribution in [2.75, 3.05) is 12.7 Å². The summed E-state index contributed by atoms with van der Waals surface area (Å²) in [6, 6.07) is 21.5. The van der Waals surface area contributed by atoms with Crippen LogP contribution >= 0.6 is 7.92 Å². The van der Waals surface area contributed by atoms with E-state index in [-0.39, 0.29) is 5.92 Å². The van der Waals surface area contributed by atoms with E-state index >= 15 is 0 Å². The minimum Gasteiger partial charge on any atom is -0.387 e. The smallest absolute Gasteiger partial charge is 0.101 e. The number of nitrogens with zero attached hydrogens (tertiary/aromatic N) is 1. The molecule has 3 rings (SSSR count). The highest BCUT2D eigenvalue weighted by atomic mass is 31.1. The molecule has 122 valence electrons. The van der Waals surface area contributed by atoms with E-state index in [0.29, 0.717) is 0 Å². The Kier molecular flexibility index (Phi) is 5.98. The average molecular weight is 334 g/mol. The third kappa shape index (κ3) is 4.43. The van der Waals surface area contributed by atoms with Crippen molar-refractivity contribution in [3.8, 4) is 0 Å². The molecule has 2 aromatic carbocycles. The van der Waals surface area contributed by atoms with E-state index in [1.165, 1.54) is 10.6 Å². The van der Waals surface area contributed by atoms with Gasteiger partial charge in [-0.2, -0.15) is 0 Å². The summed E-state index contributed by atoms with van der Waals surface area (Å²) < 4.78 is 0. The molecule has 0 aliphatic heterocycles. The normalized spacial score (nSPS) is 17.4. The Labute approximate surface area is 145 Å². The SMILES string of the molecule is NC(=NCCP(c1ccccc1)c1ccccc1)C1C=CC=CC1. The lowest BCUT2D eigenvalue weighted by molar-refractivity contribution is 0.849. The summed E-state index contributed by atoms with van der Waals surface area (Å²) in [5.41, 5.74) is 6.18. The van der Waals surface area contributed by atoms with Gasteiger partial charge >= 0.3 is 0 Å². The molecular formula is C21H23N2P. The highest BCUT2D eigenvalue weighted by Crippen LogP contribution is 2.32. The van der Waals surface area contributed by atoms with Crippen LogP contribution in [0, 0.1) is 5.92 Å². The second-order valence-corrected chi connectivity index (χ2v) is 8.12. The van der Waals surface area contributed by atoms with E-state index in [2.05, 4.69) is 90.0 Å². The van der Waals surface area contributed by atoms with Crippen LogP contribution in [-0.2, 0) is 0 Å². The van der Waals surface area contributed by atoms with E-state index in [4.69, 9.17) is 5.73 Å². The predicted molar refractivity (Wildman–Crippen MR) is 107 cm³/mol. The number of benzene rings is 2. The number of amidine groups is 1. The number of hydrogen-bond acceptors (Lipinski definition) is 1. The van der Waals surface area contributed by atoms with E-state index in [0.717, 1.165) is 25.0 Å². The topological polar surface area (TPSA) is 38.4 Å². The van der Waals surface area contributed by atoms with Crippen LogP contribution in [0.1, 0.15) is 6.42 Å². The van der Waals surface area contributed by atoms with Gasteiger partial charge < -0.3 is 5.73 Å². The van der Waals surface area contributed by atoms with Crippen LogP contribution < -0.4 is 16.3 Å². The van der Waals surface area contributed by atoms with Gasteiger partial charge in [0.1, 0.15) is 5.84 Å². The van der Waals surface area contributed by atoms with Crippen LogP contribution in [0.3, 0.4) is 0 Å². The third-order valence-corrected chi connectivity index (χ3v) is 6.60. The molecule has 0 saturated heterocycles. The number of allylic oxidation sites excluding steroid dienone is 3. The zero-order chi connectivity index (χ0) is 16.6. The highest BCUT2D eigenvalue weighted by molar-refractivity contribution is 7.73. The summed E-state index contributed by atoms with van der Waals surface area (Å²) in [7, 11) is -0.394. The molecule has 0 saturated carbocycles. The molecule has 0 fully saturated rings. The zero-order valence-corrected chi connectivity index (χ0v) is 14.6. The van der Waals surface area contributed by atoms with E-state index in [9.17, 15) is 0 Å². The first kappa shape index (κ1) is 16.7. The minimum absolute atomic E-state index is 0.259. The van der Waals surface area contributed by atoms with Crippen molar-refractivity contribution in [3.63, 3.8) is 0 Å². The molecule has 3 heteroatoms. The fourth-order valence-electron chi connectivity index (χ4n) is 2.82. The molecule has 0 bridgehead atoms. The molecule has 24 heavy (non-hydrogen) atoms. The van der Waals surface area contributed by atoms with Crippen LogP contribution in [0.4, 0.5) is 0 Å². The molecular weight excluding hydrogens is 311 g/mol. The Morgan fingerprint density at radius 2 is 1.58 bits per heavy atom. The van der Waals surface area contributed by atoms with Crippen LogP contribution in [0.15, 0.2) is 90.0 Å². The number of hydrogen-bond donors (Lipinski definition) is 1. The Morgan fingerprint density at radius 3 is 2.12 bits per heavy atom. The molecule has 1 aliphatic carbocycles. The molecule has 0 amide bonds. The van der Waals surface area contributed by atoms with Gasteiger partial charge in [0, 0.05) is 12.5 Å². The molecule has 0 radical (unpaired) electrons. The van der Waals surface area contributed by atoms with Crippen molar-refractivity contribution in [2.45, 2.75) is 6.42 Å². The van der Waals surface area contributed by atoms with Gasteiger partial charge in [-0.25, -0.2) is 0 Å². The number of aliphatic imine (C=N–C) groups is 1. The maximum Gasteiger partial charge on any atom is 0.101 e. The first-order chi connectivity index (χ1) is 11.8. The van der Waals surface area contributed by atoms with Crippen molar-refractivity contribution in [3.05, 3.63) is 85.0 Å². The molecule has 1 unspecified atom stereocenters. The summed E-state index contributed by atoms with van der Waals surface area (Å²) in [5, 5.41) is 2.79. The molecule has 2 N–H and O–H groups in total. The summed E-state index contributed by atoms with van der Waals surface area (Å²) in [4.78, 5) is 4.66. The van der Waals surface area contributed by atoms with E-state index in [1.807, 2.05) is 0 Å². The molecule has 2 nitrogen and oxygen atoms in total. The first-order valence-electron chi connectivity index (χ1n) is 8.35. The van der Waals surface area contributed by atoms with Crippen molar-refractivity contribution >= 4 is 24.4 Å². The standard InChI is InChI=1S/C21H23N2P/c22-21(18-10-4-1-5-11-18)23-16-17-24(19-12-6-2-7-13-19)20-14-8-3-9-15-20/h1-10,12-15,18H,11,16-17H2,(H2,22,23). The summed E-state index contributed by atoms with van der Waals surface area (Å²) in [6.45, 7) is 0.773. The molecule has 1 atom stereocenters. The van der Waals surface area contributed by atoms with Gasteiger partial charge in [-0.05, 0) is 31.1 Å². The molecule has 1 aliphatic rings. The van der Waals surface area contributed by atoms with Gasteiger partial charge in [-0.3, -0.25) is 4.99 Å². The van der Waals surface area contributed by atoms with Gasteiger partial charge in [0.15, 0.2) is 0 Å². The van der Waals surface area contributed by atoms with Crippen LogP contribution in [0.5, 0.6) is 0 Å². The fourth-order valence-corrected chi connectivity index (χ4v) is 5.00. The third-order valence-electron chi connectivity index (χ3n) is 4.11. The lowest BCUT2D eigenvalue weighted by Crippen LogP contribution is -2.24. The zero-order valence-electron chi connectivity index (χ0n) is 13.8. The Balaban J connectivity index is 1.71. The van der Waals surface area contributed by atoms with Gasteiger partial charge in [-0.1, -0.05) is 85.0 Å². The molecule has 0 spiro atoms. The Bertz CT molecular complexity index is 681. The summed E-state index contributed by atoms with van der Waals surface area (Å²) in [5.74, 6) is 1.02. The maximum absolute atomic E-state index is 6.18. The summed E-state index contributed by atoms with van der Waals surface area (Å²) >= 11 is 0. The van der Waals surface area contributed by atoms with Crippen molar-refractivity contribution in [2.24, 2.45) is 16.6 Å². The van der Waals surface area contributed by atoms with Gasteiger partial charge in [0.05, 0.1) is 0 Å². The van der Waals surface area contributed by atoms with E-state index < -0.39 is 7.92 Å². The average Bonchev–Trinajstić information content (AvgIpc) is 2.67. The van der Waals surface area contributed by atoms with Crippen molar-refractivity contribution in [1.29, 1.82) is 0 Å². The molecule has 0 aromatic heterocycles. The lowest BCUT2D eigenvalue weighted by atomic mass is 10.00. The Morgan fingerprint density at radius 1 is 0.958 bits per heavy atom. The quantitative estimate of drug-likeness (QED) is 0.489. The van der Waals surface area contributed by atoms with E-state index in [1.54, 1.807) is 0 Å². The molecule has 0 heterocycles. The summed E-state index contributed by atoms with van der Waals surface area (Å²) in [6.07, 6.45) is 10.4. The second-order valence-electron chi connectivity index (χ2n) is 5.78. The largest absolute Gasteiger partial charge is 0.387 e. The van der Waals surface area contributed by atoms with Crippen molar-refractivity contribution < 1.29 is 0 Å². The van der Waals surface area contributed by atoms with Crippen LogP contribution in [0.2, 0.25) is 0 Å². The van der Waals surface area contributed by atoms with Crippen molar-refractivity contribution in [1.82, 2.24) is 0 Å². The number of nitrogens with two attached hydrogens (primary N) is 1. The fraction of sp³-hybridized carbons (Fsp3) is 0.190. The number of rotatable bonds is 6. The van der Waals surface area contributed by atoms with Crippen LogP contribution in [-0.4, -0.2) is 18.5 Å². The van der Waals surface area contributed by atoms with Gasteiger partial charge in [-0.15, -0.1) is 0 Å². The van der Waals surface area contributed by atoms with Gasteiger partial charge in [0.25, 0.3) is 0 Å².